The van der Waals surface area contributed by atoms with Crippen LogP contribution in [0.3, 0.4) is 0 Å². The highest BCUT2D eigenvalue weighted by atomic mass is 19.4. The number of aromatic nitrogens is 3. The minimum absolute atomic E-state index is 0.0255. The second-order valence-electron chi connectivity index (χ2n) is 4.81. The zero-order valence-corrected chi connectivity index (χ0v) is 11.5. The van der Waals surface area contributed by atoms with E-state index < -0.39 is 17.6 Å². The number of benzene rings is 1. The molecule has 2 heterocycles. The zero-order chi connectivity index (χ0) is 16.6. The Hall–Kier alpha value is -2.90. The Morgan fingerprint density at radius 1 is 1.04 bits per heavy atom. The summed E-state index contributed by atoms with van der Waals surface area (Å²) in [4.78, 5) is 7.86. The van der Waals surface area contributed by atoms with Crippen molar-refractivity contribution in [1.82, 2.24) is 14.5 Å². The first-order chi connectivity index (χ1) is 10.8. The number of anilines is 1. The summed E-state index contributed by atoms with van der Waals surface area (Å²) in [6.45, 7) is 0. The summed E-state index contributed by atoms with van der Waals surface area (Å²) in [7, 11) is 0. The summed E-state index contributed by atoms with van der Waals surface area (Å²) in [5.41, 5.74) is 5.56. The number of nitrogens with two attached hydrogens (primary N) is 1. The number of nitrogens with zero attached hydrogens (tertiary/aromatic N) is 3. The van der Waals surface area contributed by atoms with Gasteiger partial charge in [-0.1, -0.05) is 6.07 Å². The van der Waals surface area contributed by atoms with Crippen LogP contribution in [0.2, 0.25) is 0 Å². The van der Waals surface area contributed by atoms with Crippen molar-refractivity contribution < 1.29 is 17.6 Å². The summed E-state index contributed by atoms with van der Waals surface area (Å²) in [6.07, 6.45) is -0.759. The third-order valence-electron chi connectivity index (χ3n) is 3.22. The highest BCUT2D eigenvalue weighted by molar-refractivity contribution is 5.62. The van der Waals surface area contributed by atoms with Crippen molar-refractivity contribution in [2.45, 2.75) is 6.18 Å². The van der Waals surface area contributed by atoms with E-state index >= 15 is 0 Å². The standard InChI is InChI=1S/C15H10F4N4/c16-11-5-9(1-3-12(11)20)13-7-23(8-22-13)14-4-2-10(6-21-14)15(17,18)19/h1-8H,20H2. The van der Waals surface area contributed by atoms with Gasteiger partial charge in [0.1, 0.15) is 18.0 Å². The minimum atomic E-state index is -4.44. The van der Waals surface area contributed by atoms with Gasteiger partial charge in [0.2, 0.25) is 0 Å². The summed E-state index contributed by atoms with van der Waals surface area (Å²) in [5.74, 6) is -0.294. The SMILES string of the molecule is Nc1ccc(-c2cn(-c3ccc(C(F)(F)F)cn3)cn2)cc1F. The average molecular weight is 322 g/mol. The van der Waals surface area contributed by atoms with E-state index in [9.17, 15) is 17.6 Å². The molecular weight excluding hydrogens is 312 g/mol. The average Bonchev–Trinajstić information content (AvgIpc) is 2.99. The van der Waals surface area contributed by atoms with E-state index in [4.69, 9.17) is 5.73 Å². The molecule has 23 heavy (non-hydrogen) atoms. The van der Waals surface area contributed by atoms with Crippen molar-refractivity contribution in [1.29, 1.82) is 0 Å². The largest absolute Gasteiger partial charge is 0.417 e. The number of pyridine rings is 1. The predicted molar refractivity (Wildman–Crippen MR) is 76.2 cm³/mol. The fraction of sp³-hybridized carbons (Fsp3) is 0.0667. The highest BCUT2D eigenvalue weighted by Gasteiger charge is 2.30. The van der Waals surface area contributed by atoms with E-state index in [1.165, 1.54) is 29.1 Å². The van der Waals surface area contributed by atoms with E-state index in [2.05, 4.69) is 9.97 Å². The maximum absolute atomic E-state index is 13.5. The quantitative estimate of drug-likeness (QED) is 0.578. The van der Waals surface area contributed by atoms with Crippen LogP contribution in [0.15, 0.2) is 49.1 Å². The Kier molecular flexibility index (Phi) is 3.51. The lowest BCUT2D eigenvalue weighted by Crippen LogP contribution is -2.06. The van der Waals surface area contributed by atoms with Crippen LogP contribution in [0.5, 0.6) is 0 Å². The van der Waals surface area contributed by atoms with Crippen LogP contribution in [0, 0.1) is 5.82 Å². The third-order valence-corrected chi connectivity index (χ3v) is 3.22. The Labute approximate surface area is 128 Å². The number of halogens is 4. The van der Waals surface area contributed by atoms with Gasteiger partial charge in [0.15, 0.2) is 0 Å². The molecule has 0 saturated carbocycles. The Morgan fingerprint density at radius 2 is 1.83 bits per heavy atom. The van der Waals surface area contributed by atoms with Crippen molar-refractivity contribution in [2.75, 3.05) is 5.73 Å². The Bertz CT molecular complexity index is 837. The molecule has 8 heteroatoms. The van der Waals surface area contributed by atoms with Gasteiger partial charge in [-0.2, -0.15) is 13.2 Å². The fourth-order valence-corrected chi connectivity index (χ4v) is 1.99. The molecule has 0 aliphatic rings. The maximum atomic E-state index is 13.5. The molecule has 0 atom stereocenters. The smallest absolute Gasteiger partial charge is 0.396 e. The first-order valence-electron chi connectivity index (χ1n) is 6.47. The molecule has 0 bridgehead atoms. The van der Waals surface area contributed by atoms with Crippen LogP contribution in [0.4, 0.5) is 23.2 Å². The van der Waals surface area contributed by atoms with Crippen LogP contribution in [0.25, 0.3) is 17.1 Å². The van der Waals surface area contributed by atoms with Gasteiger partial charge >= 0.3 is 6.18 Å². The molecule has 2 aromatic heterocycles. The number of hydrogen-bond acceptors (Lipinski definition) is 3. The molecule has 3 rings (SSSR count). The normalized spacial score (nSPS) is 11.7. The van der Waals surface area contributed by atoms with E-state index in [1.54, 1.807) is 12.3 Å². The molecule has 0 amide bonds. The number of nitrogen functional groups attached to an aromatic ring is 1. The van der Waals surface area contributed by atoms with Crippen molar-refractivity contribution in [3.05, 3.63) is 60.4 Å². The molecule has 3 aromatic rings. The maximum Gasteiger partial charge on any atom is 0.417 e. The Balaban J connectivity index is 1.91. The minimum Gasteiger partial charge on any atom is -0.396 e. The molecule has 0 spiro atoms. The fourth-order valence-electron chi connectivity index (χ4n) is 1.99. The second kappa shape index (κ2) is 5.38. The van der Waals surface area contributed by atoms with E-state index in [0.29, 0.717) is 11.3 Å². The van der Waals surface area contributed by atoms with E-state index in [0.717, 1.165) is 12.3 Å². The summed E-state index contributed by atoms with van der Waals surface area (Å²) in [6, 6.07) is 6.43. The number of imidazole rings is 1. The molecular formula is C15H10F4N4. The second-order valence-corrected chi connectivity index (χ2v) is 4.81. The summed E-state index contributed by atoms with van der Waals surface area (Å²) < 4.78 is 52.5. The summed E-state index contributed by atoms with van der Waals surface area (Å²) in [5, 5.41) is 0. The van der Waals surface area contributed by atoms with Crippen LogP contribution < -0.4 is 5.73 Å². The van der Waals surface area contributed by atoms with Gasteiger partial charge < -0.3 is 5.73 Å². The molecule has 2 N–H and O–H groups in total. The summed E-state index contributed by atoms with van der Waals surface area (Å²) >= 11 is 0. The lowest BCUT2D eigenvalue weighted by Gasteiger charge is -2.06. The van der Waals surface area contributed by atoms with Gasteiger partial charge in [0.05, 0.1) is 16.9 Å². The first kappa shape index (κ1) is 15.0. The number of rotatable bonds is 2. The van der Waals surface area contributed by atoms with Gasteiger partial charge in [-0.25, -0.2) is 14.4 Å². The van der Waals surface area contributed by atoms with Crippen LogP contribution >= 0.6 is 0 Å². The van der Waals surface area contributed by atoms with Gasteiger partial charge in [-0.05, 0) is 24.3 Å². The monoisotopic (exact) mass is 322 g/mol. The molecule has 0 unspecified atom stereocenters. The first-order valence-corrected chi connectivity index (χ1v) is 6.47. The highest BCUT2D eigenvalue weighted by Crippen LogP contribution is 2.29. The lowest BCUT2D eigenvalue weighted by molar-refractivity contribution is -0.137. The van der Waals surface area contributed by atoms with Crippen LogP contribution in [-0.4, -0.2) is 14.5 Å². The molecule has 0 radical (unpaired) electrons. The van der Waals surface area contributed by atoms with Gasteiger partial charge in [-0.3, -0.25) is 4.57 Å². The molecule has 0 aliphatic carbocycles. The third kappa shape index (κ3) is 3.01. The molecule has 118 valence electrons. The number of hydrogen-bond donors (Lipinski definition) is 1. The van der Waals surface area contributed by atoms with Crippen LogP contribution in [-0.2, 0) is 6.18 Å². The molecule has 1 aromatic carbocycles. The van der Waals surface area contributed by atoms with Crippen molar-refractivity contribution in [2.24, 2.45) is 0 Å². The zero-order valence-electron chi connectivity index (χ0n) is 11.5. The van der Waals surface area contributed by atoms with Crippen molar-refractivity contribution >= 4 is 5.69 Å². The van der Waals surface area contributed by atoms with Crippen molar-refractivity contribution in [3.63, 3.8) is 0 Å². The van der Waals surface area contributed by atoms with E-state index in [-0.39, 0.29) is 11.5 Å². The van der Waals surface area contributed by atoms with E-state index in [1.807, 2.05) is 0 Å². The molecule has 0 aliphatic heterocycles. The van der Waals surface area contributed by atoms with Gasteiger partial charge in [-0.15, -0.1) is 0 Å². The molecule has 0 saturated heterocycles. The lowest BCUT2D eigenvalue weighted by atomic mass is 10.1. The van der Waals surface area contributed by atoms with Crippen molar-refractivity contribution in [3.8, 4) is 17.1 Å². The predicted octanol–water partition coefficient (Wildman–Crippen LogP) is 3.67. The Morgan fingerprint density at radius 3 is 2.43 bits per heavy atom. The molecule has 0 fully saturated rings. The van der Waals surface area contributed by atoms with Gasteiger partial charge in [0, 0.05) is 18.0 Å². The number of alkyl halides is 3. The topological polar surface area (TPSA) is 56.7 Å². The van der Waals surface area contributed by atoms with Crippen LogP contribution in [0.1, 0.15) is 5.56 Å². The van der Waals surface area contributed by atoms with Gasteiger partial charge in [0.25, 0.3) is 0 Å². The molecule has 4 nitrogen and oxygen atoms in total.